The van der Waals surface area contributed by atoms with Crippen LogP contribution in [0.2, 0.25) is 18.1 Å². The molecule has 0 saturated heterocycles. The number of hydrogen-bond acceptors (Lipinski definition) is 1. The van der Waals surface area contributed by atoms with E-state index in [-0.39, 0.29) is 5.04 Å². The Morgan fingerprint density at radius 3 is 1.84 bits per heavy atom. The topological polar surface area (TPSA) is 12.0 Å². The Kier molecular flexibility index (Phi) is 4.52. The maximum atomic E-state index is 12.4. The first-order valence-electron chi connectivity index (χ1n) is 6.35. The smallest absolute Gasteiger partial charge is 0.333 e. The van der Waals surface area contributed by atoms with Crippen molar-refractivity contribution in [3.63, 3.8) is 0 Å². The Hall–Kier alpha value is -0.813. The molecule has 0 aromatic heterocycles. The van der Waals surface area contributed by atoms with E-state index in [1.165, 1.54) is 0 Å². The summed E-state index contributed by atoms with van der Waals surface area (Å²) < 4.78 is 37.3. The van der Waals surface area contributed by atoms with Crippen LogP contribution in [0.3, 0.4) is 0 Å². The molecule has 0 amide bonds. The van der Waals surface area contributed by atoms with Crippen LogP contribution in [0.5, 0.6) is 0 Å². The quantitative estimate of drug-likeness (QED) is 0.788. The van der Waals surface area contributed by atoms with E-state index in [4.69, 9.17) is 0 Å². The fourth-order valence-corrected chi connectivity index (χ4v) is 2.58. The average molecular weight is 289 g/mol. The van der Waals surface area contributed by atoms with Crippen LogP contribution >= 0.6 is 0 Å². The molecule has 108 valence electrons. The molecule has 1 aromatic rings. The predicted molar refractivity (Wildman–Crippen MR) is 75.5 cm³/mol. The molecule has 0 radical (unpaired) electrons. The van der Waals surface area contributed by atoms with Crippen molar-refractivity contribution < 1.29 is 13.2 Å². The van der Waals surface area contributed by atoms with E-state index >= 15 is 0 Å². The molecule has 0 aliphatic heterocycles. The zero-order valence-electron chi connectivity index (χ0n) is 12.2. The molecule has 1 nitrogen and oxygen atoms in total. The Bertz CT molecular complexity index is 416. The van der Waals surface area contributed by atoms with Gasteiger partial charge in [-0.3, -0.25) is 0 Å². The van der Waals surface area contributed by atoms with Crippen molar-refractivity contribution >= 4 is 8.24 Å². The third-order valence-electron chi connectivity index (χ3n) is 3.89. The van der Waals surface area contributed by atoms with Crippen molar-refractivity contribution in [3.05, 3.63) is 35.4 Å². The van der Waals surface area contributed by atoms with Crippen molar-refractivity contribution in [1.29, 1.82) is 0 Å². The lowest BCUT2D eigenvalue weighted by Crippen LogP contribution is -2.51. The van der Waals surface area contributed by atoms with Gasteiger partial charge in [-0.2, -0.15) is 13.2 Å². The molecule has 0 fully saturated rings. The van der Waals surface area contributed by atoms with Crippen LogP contribution in [0.4, 0.5) is 13.2 Å². The van der Waals surface area contributed by atoms with Crippen LogP contribution in [0.25, 0.3) is 0 Å². The van der Waals surface area contributed by atoms with Gasteiger partial charge in [0.2, 0.25) is 0 Å². The summed E-state index contributed by atoms with van der Waals surface area (Å²) in [5.74, 6) is 0. The molecule has 1 rings (SSSR count). The van der Waals surface area contributed by atoms with Gasteiger partial charge in [0.15, 0.2) is 0 Å². The summed E-state index contributed by atoms with van der Waals surface area (Å²) in [6, 6.07) is 5.37. The number of alkyl halides is 3. The molecule has 0 aliphatic carbocycles. The zero-order valence-corrected chi connectivity index (χ0v) is 13.2. The monoisotopic (exact) mass is 289 g/mol. The van der Waals surface area contributed by atoms with Gasteiger partial charge in [-0.1, -0.05) is 46.0 Å². The van der Waals surface area contributed by atoms with E-state index in [2.05, 4.69) is 38.8 Å². The van der Waals surface area contributed by atoms with Gasteiger partial charge >= 0.3 is 6.18 Å². The molecule has 0 saturated carbocycles. The molecule has 1 aromatic carbocycles. The first-order valence-corrected chi connectivity index (χ1v) is 9.35. The van der Waals surface area contributed by atoms with Crippen molar-refractivity contribution in [2.75, 3.05) is 0 Å². The van der Waals surface area contributed by atoms with Crippen molar-refractivity contribution in [2.45, 2.75) is 51.6 Å². The summed E-state index contributed by atoms with van der Waals surface area (Å²) >= 11 is 0. The van der Waals surface area contributed by atoms with Crippen molar-refractivity contribution in [2.24, 2.45) is 0 Å². The lowest BCUT2D eigenvalue weighted by Gasteiger charge is -2.37. The van der Waals surface area contributed by atoms with Crippen molar-refractivity contribution in [3.8, 4) is 0 Å². The second-order valence-electron chi connectivity index (χ2n) is 6.42. The fourth-order valence-electron chi connectivity index (χ4n) is 1.40. The average Bonchev–Trinajstić information content (AvgIpc) is 2.24. The van der Waals surface area contributed by atoms with Crippen LogP contribution in [0.1, 0.15) is 31.9 Å². The molecule has 19 heavy (non-hydrogen) atoms. The molecule has 0 unspecified atom stereocenters. The van der Waals surface area contributed by atoms with Gasteiger partial charge in [-0.25, -0.2) is 0 Å². The van der Waals surface area contributed by atoms with E-state index in [1.54, 1.807) is 12.1 Å². The summed E-state index contributed by atoms with van der Waals surface area (Å²) in [6.45, 7) is 11.7. The highest BCUT2D eigenvalue weighted by Gasteiger charge is 2.35. The standard InChI is InChI=1S/C14H22F3NSi/c1-13(2,3)19(4,5)18-10-11-6-8-12(9-7-11)14(15,16)17/h6-9,18H,10H2,1-5H3. The third kappa shape index (κ3) is 4.35. The SMILES string of the molecule is CC(C)(C)[Si](C)(C)NCc1ccc(C(F)(F)F)cc1. The van der Waals surface area contributed by atoms with E-state index in [0.717, 1.165) is 17.7 Å². The molecule has 0 spiro atoms. The highest BCUT2D eigenvalue weighted by atomic mass is 28.3. The van der Waals surface area contributed by atoms with Gasteiger partial charge in [0.25, 0.3) is 0 Å². The Morgan fingerprint density at radius 1 is 1.00 bits per heavy atom. The third-order valence-corrected chi connectivity index (χ3v) is 8.70. The lowest BCUT2D eigenvalue weighted by molar-refractivity contribution is -0.137. The summed E-state index contributed by atoms with van der Waals surface area (Å²) in [6.07, 6.45) is -4.26. The normalized spacial score (nSPS) is 13.7. The summed E-state index contributed by atoms with van der Waals surface area (Å²) in [7, 11) is -1.61. The molecular formula is C14H22F3NSi. The van der Waals surface area contributed by atoms with Crippen molar-refractivity contribution in [1.82, 2.24) is 4.98 Å². The number of nitrogens with one attached hydrogen (secondary N) is 1. The molecule has 0 aliphatic rings. The van der Waals surface area contributed by atoms with Crippen LogP contribution in [-0.2, 0) is 12.7 Å². The Balaban J connectivity index is 2.70. The van der Waals surface area contributed by atoms with E-state index < -0.39 is 20.0 Å². The number of hydrogen-bond donors (Lipinski definition) is 1. The summed E-state index contributed by atoms with van der Waals surface area (Å²) in [4.78, 5) is 3.53. The number of benzene rings is 1. The first-order chi connectivity index (χ1) is 8.43. The zero-order chi connectivity index (χ0) is 14.9. The minimum Gasteiger partial charge on any atom is -0.333 e. The molecule has 0 bridgehead atoms. The van der Waals surface area contributed by atoms with Crippen LogP contribution in [0, 0.1) is 0 Å². The van der Waals surface area contributed by atoms with Gasteiger partial charge in [-0.15, -0.1) is 0 Å². The Labute approximate surface area is 114 Å². The van der Waals surface area contributed by atoms with Gasteiger partial charge < -0.3 is 4.98 Å². The number of rotatable bonds is 3. The van der Waals surface area contributed by atoms with Crippen LogP contribution in [-0.4, -0.2) is 8.24 Å². The first kappa shape index (κ1) is 16.2. The minimum absolute atomic E-state index is 0.207. The van der Waals surface area contributed by atoms with Crippen LogP contribution in [0.15, 0.2) is 24.3 Å². The van der Waals surface area contributed by atoms with Gasteiger partial charge in [-0.05, 0) is 22.7 Å². The highest BCUT2D eigenvalue weighted by molar-refractivity contribution is 6.77. The van der Waals surface area contributed by atoms with Crippen LogP contribution < -0.4 is 4.98 Å². The maximum Gasteiger partial charge on any atom is 0.416 e. The summed E-state index contributed by atoms with van der Waals surface area (Å²) in [5, 5.41) is 0.207. The van der Waals surface area contributed by atoms with Gasteiger partial charge in [0.1, 0.15) is 8.24 Å². The van der Waals surface area contributed by atoms with E-state index in [9.17, 15) is 13.2 Å². The number of halogens is 3. The highest BCUT2D eigenvalue weighted by Crippen LogP contribution is 2.34. The lowest BCUT2D eigenvalue weighted by atomic mass is 10.1. The Morgan fingerprint density at radius 2 is 1.47 bits per heavy atom. The molecule has 5 heteroatoms. The van der Waals surface area contributed by atoms with E-state index in [0.29, 0.717) is 6.54 Å². The maximum absolute atomic E-state index is 12.4. The van der Waals surface area contributed by atoms with Gasteiger partial charge in [0.05, 0.1) is 5.56 Å². The van der Waals surface area contributed by atoms with Gasteiger partial charge in [0, 0.05) is 6.54 Å². The second-order valence-corrected chi connectivity index (χ2v) is 11.5. The largest absolute Gasteiger partial charge is 0.416 e. The summed E-state index contributed by atoms with van der Waals surface area (Å²) in [5.41, 5.74) is 0.293. The molecular weight excluding hydrogens is 267 g/mol. The fraction of sp³-hybridized carbons (Fsp3) is 0.571. The molecule has 0 atom stereocenters. The molecule has 1 N–H and O–H groups in total. The predicted octanol–water partition coefficient (Wildman–Crippen LogP) is 4.80. The van der Waals surface area contributed by atoms with E-state index in [1.807, 2.05) is 0 Å². The second kappa shape index (κ2) is 5.29. The minimum atomic E-state index is -4.26. The molecule has 0 heterocycles.